The molecule has 0 radical (unpaired) electrons. The van der Waals surface area contributed by atoms with E-state index in [2.05, 4.69) is 5.32 Å². The molecule has 2 aliphatic rings. The molecular weight excluding hydrogens is 306 g/mol. The number of urea groups is 1. The van der Waals surface area contributed by atoms with Crippen molar-refractivity contribution in [3.63, 3.8) is 0 Å². The predicted octanol–water partition coefficient (Wildman–Crippen LogP) is -0.548. The fourth-order valence-electron chi connectivity index (χ4n) is 2.20. The minimum Gasteiger partial charge on any atom is -0.454 e. The second kappa shape index (κ2) is 5.59. The Hall–Kier alpha value is -3.10. The maximum atomic E-state index is 11.9. The van der Waals surface area contributed by atoms with Gasteiger partial charge in [-0.3, -0.25) is 19.3 Å². The summed E-state index contributed by atoms with van der Waals surface area (Å²) in [4.78, 5) is 47.7. The van der Waals surface area contributed by atoms with Gasteiger partial charge in [-0.1, -0.05) is 6.07 Å². The molecule has 0 aromatic heterocycles. The Morgan fingerprint density at radius 2 is 1.91 bits per heavy atom. The number of nitrogens with zero attached hydrogens (tertiary/aromatic N) is 2. The summed E-state index contributed by atoms with van der Waals surface area (Å²) in [6, 6.07) is 4.41. The molecular formula is C14H13N3O6. The first-order valence-corrected chi connectivity index (χ1v) is 6.76. The van der Waals surface area contributed by atoms with E-state index in [0.717, 1.165) is 5.56 Å². The predicted molar refractivity (Wildman–Crippen MR) is 74.3 cm³/mol. The van der Waals surface area contributed by atoms with Crippen LogP contribution in [-0.2, 0) is 20.9 Å². The van der Waals surface area contributed by atoms with Gasteiger partial charge in [-0.25, -0.2) is 9.69 Å². The van der Waals surface area contributed by atoms with E-state index >= 15 is 0 Å². The monoisotopic (exact) mass is 319 g/mol. The Balaban J connectivity index is 1.57. The van der Waals surface area contributed by atoms with Crippen LogP contribution < -0.4 is 14.8 Å². The quantitative estimate of drug-likeness (QED) is 0.590. The van der Waals surface area contributed by atoms with E-state index in [4.69, 9.17) is 9.47 Å². The molecule has 9 nitrogen and oxygen atoms in total. The zero-order valence-electron chi connectivity index (χ0n) is 12.2. The van der Waals surface area contributed by atoms with Crippen molar-refractivity contribution in [3.8, 4) is 11.5 Å². The largest absolute Gasteiger partial charge is 0.454 e. The van der Waals surface area contributed by atoms with Crippen LogP contribution in [0.5, 0.6) is 11.5 Å². The number of likely N-dealkylation sites (N-methyl/N-ethyl adjacent to an activating group) is 1. The van der Waals surface area contributed by atoms with Gasteiger partial charge in [-0.2, -0.15) is 0 Å². The van der Waals surface area contributed by atoms with Crippen LogP contribution >= 0.6 is 0 Å². The first-order chi connectivity index (χ1) is 11.0. The molecule has 0 saturated carbocycles. The maximum Gasteiger partial charge on any atom is 0.334 e. The van der Waals surface area contributed by atoms with Gasteiger partial charge in [-0.05, 0) is 17.7 Å². The van der Waals surface area contributed by atoms with E-state index in [9.17, 15) is 19.2 Å². The van der Waals surface area contributed by atoms with Crippen molar-refractivity contribution in [1.82, 2.24) is 15.1 Å². The smallest absolute Gasteiger partial charge is 0.334 e. The number of ether oxygens (including phenoxy) is 2. The van der Waals surface area contributed by atoms with Crippen molar-refractivity contribution in [2.75, 3.05) is 20.4 Å². The molecule has 2 heterocycles. The number of nitrogens with one attached hydrogen (secondary N) is 1. The molecule has 2 aliphatic heterocycles. The molecule has 1 aromatic carbocycles. The topological polar surface area (TPSA) is 105 Å². The van der Waals surface area contributed by atoms with Gasteiger partial charge in [-0.15, -0.1) is 0 Å². The Morgan fingerprint density at radius 3 is 2.61 bits per heavy atom. The molecule has 1 saturated heterocycles. The second-order valence-corrected chi connectivity index (χ2v) is 5.00. The van der Waals surface area contributed by atoms with Gasteiger partial charge in [0.05, 0.1) is 0 Å². The first kappa shape index (κ1) is 14.8. The molecule has 0 bridgehead atoms. The van der Waals surface area contributed by atoms with Gasteiger partial charge in [0.1, 0.15) is 6.54 Å². The second-order valence-electron chi connectivity index (χ2n) is 5.00. The molecule has 1 N–H and O–H groups in total. The van der Waals surface area contributed by atoms with Crippen LogP contribution in [0.1, 0.15) is 5.56 Å². The third-order valence-corrected chi connectivity index (χ3v) is 3.48. The van der Waals surface area contributed by atoms with Gasteiger partial charge in [0.2, 0.25) is 12.7 Å². The van der Waals surface area contributed by atoms with Crippen LogP contribution in [0.2, 0.25) is 0 Å². The van der Waals surface area contributed by atoms with Gasteiger partial charge in [0, 0.05) is 13.6 Å². The van der Waals surface area contributed by atoms with E-state index in [1.807, 2.05) is 0 Å². The molecule has 0 aliphatic carbocycles. The molecule has 9 heteroatoms. The van der Waals surface area contributed by atoms with Gasteiger partial charge in [0.15, 0.2) is 11.5 Å². The van der Waals surface area contributed by atoms with Crippen molar-refractivity contribution in [1.29, 1.82) is 0 Å². The highest BCUT2D eigenvalue weighted by Crippen LogP contribution is 2.32. The third kappa shape index (κ3) is 2.68. The number of benzene rings is 1. The fraction of sp³-hybridized carbons (Fsp3) is 0.286. The number of carbonyl (C=O) groups is 4. The number of hydrogen-bond acceptors (Lipinski definition) is 6. The van der Waals surface area contributed by atoms with Crippen LogP contribution in [-0.4, -0.2) is 53.9 Å². The SMILES string of the molecule is CN1C(=O)C(=O)N(CC(=O)NCc2ccc3c(c2)OCO3)C1=O. The normalized spacial score (nSPS) is 16.3. The summed E-state index contributed by atoms with van der Waals surface area (Å²) >= 11 is 0. The van der Waals surface area contributed by atoms with Crippen molar-refractivity contribution in [2.45, 2.75) is 6.54 Å². The maximum absolute atomic E-state index is 11.9. The fourth-order valence-corrected chi connectivity index (χ4v) is 2.20. The lowest BCUT2D eigenvalue weighted by Gasteiger charge is -2.12. The lowest BCUT2D eigenvalue weighted by molar-refractivity contribution is -0.143. The number of fused-ring (bicyclic) bond motifs is 1. The molecule has 0 spiro atoms. The first-order valence-electron chi connectivity index (χ1n) is 6.76. The van der Waals surface area contributed by atoms with Crippen LogP contribution in [0.25, 0.3) is 0 Å². The van der Waals surface area contributed by atoms with Crippen molar-refractivity contribution in [3.05, 3.63) is 23.8 Å². The number of rotatable bonds is 4. The standard InChI is InChI=1S/C14H13N3O6/c1-16-12(19)13(20)17(14(16)21)6-11(18)15-5-8-2-3-9-10(4-8)23-7-22-9/h2-4H,5-7H2,1H3,(H,15,18). The van der Waals surface area contributed by atoms with Crippen molar-refractivity contribution in [2.24, 2.45) is 0 Å². The van der Waals surface area contributed by atoms with E-state index in [1.54, 1.807) is 18.2 Å². The summed E-state index contributed by atoms with van der Waals surface area (Å²) in [5.74, 6) is -1.27. The minimum atomic E-state index is -1.00. The summed E-state index contributed by atoms with van der Waals surface area (Å²) in [6.07, 6.45) is 0. The summed E-state index contributed by atoms with van der Waals surface area (Å²) in [6.45, 7) is -0.153. The zero-order chi connectivity index (χ0) is 16.6. The van der Waals surface area contributed by atoms with Crippen molar-refractivity contribution >= 4 is 23.8 Å². The third-order valence-electron chi connectivity index (χ3n) is 3.48. The molecule has 1 fully saturated rings. The lowest BCUT2D eigenvalue weighted by Crippen LogP contribution is -2.40. The van der Waals surface area contributed by atoms with E-state index in [-0.39, 0.29) is 13.3 Å². The summed E-state index contributed by atoms with van der Waals surface area (Å²) in [5.41, 5.74) is 0.773. The number of imide groups is 2. The molecule has 0 atom stereocenters. The highest BCUT2D eigenvalue weighted by atomic mass is 16.7. The Labute approximate surface area is 130 Å². The van der Waals surface area contributed by atoms with Gasteiger partial charge >= 0.3 is 17.8 Å². The van der Waals surface area contributed by atoms with Crippen LogP contribution in [0, 0.1) is 0 Å². The number of hydrogen-bond donors (Lipinski definition) is 1. The van der Waals surface area contributed by atoms with Crippen LogP contribution in [0.15, 0.2) is 18.2 Å². The minimum absolute atomic E-state index is 0.159. The van der Waals surface area contributed by atoms with Gasteiger partial charge < -0.3 is 14.8 Å². The van der Waals surface area contributed by atoms with E-state index in [1.165, 1.54) is 7.05 Å². The van der Waals surface area contributed by atoms with Crippen LogP contribution in [0.3, 0.4) is 0 Å². The Bertz CT molecular complexity index is 716. The van der Waals surface area contributed by atoms with Gasteiger partial charge in [0.25, 0.3) is 0 Å². The molecule has 3 rings (SSSR count). The number of amides is 5. The summed E-state index contributed by atoms with van der Waals surface area (Å²) < 4.78 is 10.4. The molecule has 120 valence electrons. The summed E-state index contributed by atoms with van der Waals surface area (Å²) in [7, 11) is 1.19. The molecule has 23 heavy (non-hydrogen) atoms. The van der Waals surface area contributed by atoms with Crippen molar-refractivity contribution < 1.29 is 28.7 Å². The van der Waals surface area contributed by atoms with E-state index < -0.39 is 30.3 Å². The highest BCUT2D eigenvalue weighted by Gasteiger charge is 2.42. The zero-order valence-corrected chi connectivity index (χ0v) is 12.2. The van der Waals surface area contributed by atoms with Crippen LogP contribution in [0.4, 0.5) is 4.79 Å². The average Bonchev–Trinajstić information content (AvgIpc) is 3.08. The molecule has 0 unspecified atom stereocenters. The molecule has 1 aromatic rings. The lowest BCUT2D eigenvalue weighted by atomic mass is 10.2. The van der Waals surface area contributed by atoms with E-state index in [0.29, 0.717) is 21.3 Å². The highest BCUT2D eigenvalue weighted by molar-refractivity contribution is 6.44. The summed E-state index contributed by atoms with van der Waals surface area (Å²) in [5, 5.41) is 2.58. The Kier molecular flexibility index (Phi) is 3.61. The number of carbonyl (C=O) groups excluding carboxylic acids is 4. The Morgan fingerprint density at radius 1 is 1.17 bits per heavy atom. The average molecular weight is 319 g/mol. The molecule has 5 amide bonds.